The van der Waals surface area contributed by atoms with E-state index in [4.69, 9.17) is 5.73 Å². The van der Waals surface area contributed by atoms with Crippen LogP contribution in [-0.2, 0) is 6.54 Å². The first-order valence-electron chi connectivity index (χ1n) is 5.57. The van der Waals surface area contributed by atoms with Crippen LogP contribution in [0.3, 0.4) is 0 Å². The zero-order valence-corrected chi connectivity index (χ0v) is 10.5. The highest BCUT2D eigenvalue weighted by Crippen LogP contribution is 2.21. The molecule has 0 saturated heterocycles. The highest BCUT2D eigenvalue weighted by molar-refractivity contribution is 7.09. The van der Waals surface area contributed by atoms with E-state index in [1.54, 1.807) is 17.5 Å². The number of nitrogens with zero attached hydrogens (tertiary/aromatic N) is 3. The molecule has 0 aliphatic rings. The van der Waals surface area contributed by atoms with Crippen molar-refractivity contribution in [3.05, 3.63) is 53.2 Å². The van der Waals surface area contributed by atoms with E-state index in [1.165, 1.54) is 4.88 Å². The average molecular weight is 256 g/mol. The van der Waals surface area contributed by atoms with Crippen molar-refractivity contribution < 1.29 is 0 Å². The van der Waals surface area contributed by atoms with Crippen molar-refractivity contribution in [2.24, 2.45) is 0 Å². The van der Waals surface area contributed by atoms with Gasteiger partial charge in [-0.15, -0.1) is 11.3 Å². The van der Waals surface area contributed by atoms with E-state index in [9.17, 15) is 0 Å². The van der Waals surface area contributed by atoms with Gasteiger partial charge in [-0.25, -0.2) is 9.97 Å². The number of nitrogen functional groups attached to an aromatic ring is 1. The number of nitrogens with two attached hydrogens (primary N) is 1. The summed E-state index contributed by atoms with van der Waals surface area (Å²) in [6.07, 6.45) is 5.40. The molecule has 0 spiro atoms. The molecule has 3 heterocycles. The number of hydrogen-bond acceptors (Lipinski definition) is 4. The van der Waals surface area contributed by atoms with Gasteiger partial charge in [0.2, 0.25) is 0 Å². The molecule has 5 heteroatoms. The third-order valence-corrected chi connectivity index (χ3v) is 3.56. The molecule has 4 nitrogen and oxygen atoms in total. The van der Waals surface area contributed by atoms with Crippen LogP contribution in [0.2, 0.25) is 0 Å². The molecule has 0 aromatic carbocycles. The molecule has 0 radical (unpaired) electrons. The van der Waals surface area contributed by atoms with E-state index in [2.05, 4.69) is 32.0 Å². The summed E-state index contributed by atoms with van der Waals surface area (Å²) in [6, 6.07) is 7.98. The molecule has 0 amide bonds. The first-order chi connectivity index (χ1) is 8.83. The van der Waals surface area contributed by atoms with Crippen LogP contribution in [0.4, 0.5) is 5.82 Å². The SMILES string of the molecule is Nc1cc(-c2cncn2Cc2cccs2)ccn1. The van der Waals surface area contributed by atoms with Gasteiger partial charge in [-0.2, -0.15) is 0 Å². The average Bonchev–Trinajstić information content (AvgIpc) is 3.01. The lowest BCUT2D eigenvalue weighted by molar-refractivity contribution is 0.817. The fraction of sp³-hybridized carbons (Fsp3) is 0.0769. The second kappa shape index (κ2) is 4.62. The first-order valence-corrected chi connectivity index (χ1v) is 6.45. The summed E-state index contributed by atoms with van der Waals surface area (Å²) < 4.78 is 2.11. The maximum Gasteiger partial charge on any atom is 0.123 e. The summed E-state index contributed by atoms with van der Waals surface area (Å²) >= 11 is 1.74. The summed E-state index contributed by atoms with van der Waals surface area (Å²) in [5.74, 6) is 0.524. The van der Waals surface area contributed by atoms with E-state index in [0.717, 1.165) is 17.8 Å². The van der Waals surface area contributed by atoms with Crippen molar-refractivity contribution in [3.8, 4) is 11.3 Å². The number of aromatic nitrogens is 3. The summed E-state index contributed by atoms with van der Waals surface area (Å²) in [7, 11) is 0. The smallest absolute Gasteiger partial charge is 0.123 e. The number of rotatable bonds is 3. The molecule has 0 atom stereocenters. The lowest BCUT2D eigenvalue weighted by Gasteiger charge is -2.07. The second-order valence-corrected chi connectivity index (χ2v) is 4.99. The summed E-state index contributed by atoms with van der Waals surface area (Å²) in [5.41, 5.74) is 7.80. The quantitative estimate of drug-likeness (QED) is 0.783. The molecule has 3 aromatic rings. The molecule has 2 N–H and O–H groups in total. The van der Waals surface area contributed by atoms with Gasteiger partial charge < -0.3 is 10.3 Å². The van der Waals surface area contributed by atoms with Gasteiger partial charge in [0.05, 0.1) is 24.8 Å². The van der Waals surface area contributed by atoms with Crippen LogP contribution in [0.5, 0.6) is 0 Å². The Morgan fingerprint density at radius 1 is 1.33 bits per heavy atom. The third kappa shape index (κ3) is 2.12. The van der Waals surface area contributed by atoms with Crippen LogP contribution < -0.4 is 5.73 Å². The maximum atomic E-state index is 5.71. The molecule has 0 aliphatic carbocycles. The van der Waals surface area contributed by atoms with Crippen molar-refractivity contribution in [1.82, 2.24) is 14.5 Å². The van der Waals surface area contributed by atoms with Crippen molar-refractivity contribution in [2.75, 3.05) is 5.73 Å². The Morgan fingerprint density at radius 3 is 3.06 bits per heavy atom. The predicted molar refractivity (Wildman–Crippen MR) is 73.3 cm³/mol. The number of hydrogen-bond donors (Lipinski definition) is 1. The van der Waals surface area contributed by atoms with Gasteiger partial charge >= 0.3 is 0 Å². The normalized spacial score (nSPS) is 10.7. The largest absolute Gasteiger partial charge is 0.384 e. The van der Waals surface area contributed by atoms with Crippen LogP contribution >= 0.6 is 11.3 Å². The number of pyridine rings is 1. The van der Waals surface area contributed by atoms with Crippen LogP contribution in [0.1, 0.15) is 4.88 Å². The molecule has 3 aromatic heterocycles. The molecular formula is C13H12N4S. The fourth-order valence-corrected chi connectivity index (χ4v) is 2.57. The van der Waals surface area contributed by atoms with E-state index in [1.807, 2.05) is 24.7 Å². The number of anilines is 1. The zero-order valence-electron chi connectivity index (χ0n) is 9.65. The Bertz CT molecular complexity index is 643. The topological polar surface area (TPSA) is 56.7 Å². The van der Waals surface area contributed by atoms with Gasteiger partial charge in [-0.1, -0.05) is 6.07 Å². The Balaban J connectivity index is 1.96. The van der Waals surface area contributed by atoms with E-state index >= 15 is 0 Å². The summed E-state index contributed by atoms with van der Waals surface area (Å²) in [5, 5.41) is 2.08. The lowest BCUT2D eigenvalue weighted by Crippen LogP contribution is -1.99. The minimum Gasteiger partial charge on any atom is -0.384 e. The zero-order chi connectivity index (χ0) is 12.4. The van der Waals surface area contributed by atoms with Gasteiger partial charge in [-0.3, -0.25) is 0 Å². The molecule has 0 aliphatic heterocycles. The maximum absolute atomic E-state index is 5.71. The van der Waals surface area contributed by atoms with Crippen LogP contribution in [0.15, 0.2) is 48.4 Å². The molecule has 0 bridgehead atoms. The molecule has 90 valence electrons. The Labute approximate surface area is 109 Å². The highest BCUT2D eigenvalue weighted by Gasteiger charge is 2.06. The van der Waals surface area contributed by atoms with Crippen molar-refractivity contribution in [2.45, 2.75) is 6.54 Å². The van der Waals surface area contributed by atoms with Crippen LogP contribution in [0.25, 0.3) is 11.3 Å². The van der Waals surface area contributed by atoms with Crippen molar-refractivity contribution in [3.63, 3.8) is 0 Å². The Hall–Kier alpha value is -2.14. The predicted octanol–water partition coefficient (Wildman–Crippen LogP) is 2.64. The Morgan fingerprint density at radius 2 is 2.28 bits per heavy atom. The molecular weight excluding hydrogens is 244 g/mol. The van der Waals surface area contributed by atoms with Crippen molar-refractivity contribution in [1.29, 1.82) is 0 Å². The van der Waals surface area contributed by atoms with E-state index < -0.39 is 0 Å². The highest BCUT2D eigenvalue weighted by atomic mass is 32.1. The summed E-state index contributed by atoms with van der Waals surface area (Å²) in [6.45, 7) is 0.829. The molecule has 3 rings (SSSR count). The van der Waals surface area contributed by atoms with Gasteiger partial charge in [0.1, 0.15) is 5.82 Å². The number of thiophene rings is 1. The lowest BCUT2D eigenvalue weighted by atomic mass is 10.2. The van der Waals surface area contributed by atoms with Gasteiger partial charge in [0.15, 0.2) is 0 Å². The third-order valence-electron chi connectivity index (χ3n) is 2.70. The molecule has 0 saturated carbocycles. The van der Waals surface area contributed by atoms with E-state index in [0.29, 0.717) is 5.82 Å². The fourth-order valence-electron chi connectivity index (χ4n) is 1.87. The van der Waals surface area contributed by atoms with E-state index in [-0.39, 0.29) is 0 Å². The monoisotopic (exact) mass is 256 g/mol. The first kappa shape index (κ1) is 11.0. The van der Waals surface area contributed by atoms with Gasteiger partial charge in [-0.05, 0) is 23.6 Å². The second-order valence-electron chi connectivity index (χ2n) is 3.96. The molecule has 0 unspecified atom stereocenters. The van der Waals surface area contributed by atoms with Gasteiger partial charge in [0, 0.05) is 16.6 Å². The van der Waals surface area contributed by atoms with Crippen LogP contribution in [0, 0.1) is 0 Å². The van der Waals surface area contributed by atoms with Crippen molar-refractivity contribution >= 4 is 17.2 Å². The number of imidazole rings is 1. The summed E-state index contributed by atoms with van der Waals surface area (Å²) in [4.78, 5) is 9.52. The minimum atomic E-state index is 0.524. The Kier molecular flexibility index (Phi) is 2.82. The minimum absolute atomic E-state index is 0.524. The van der Waals surface area contributed by atoms with Crippen LogP contribution in [-0.4, -0.2) is 14.5 Å². The standard InChI is InChI=1S/C13H12N4S/c14-13-6-10(3-4-16-13)12-7-15-9-17(12)8-11-2-1-5-18-11/h1-7,9H,8H2,(H2,14,16). The molecule has 0 fully saturated rings. The molecule has 18 heavy (non-hydrogen) atoms. The van der Waals surface area contributed by atoms with Gasteiger partial charge in [0.25, 0.3) is 0 Å².